The summed E-state index contributed by atoms with van der Waals surface area (Å²) in [6.45, 7) is 9.68. The highest BCUT2D eigenvalue weighted by Gasteiger charge is 2.24. The van der Waals surface area contributed by atoms with E-state index in [1.165, 1.54) is 0 Å². The van der Waals surface area contributed by atoms with Crippen LogP contribution in [0.5, 0.6) is 0 Å². The molecule has 1 fully saturated rings. The number of amides is 1. The minimum absolute atomic E-state index is 0.0433. The van der Waals surface area contributed by atoms with E-state index in [4.69, 9.17) is 0 Å². The molecule has 1 saturated heterocycles. The lowest BCUT2D eigenvalue weighted by atomic mass is 10.1. The number of nitrogens with zero attached hydrogens (tertiary/aromatic N) is 4. The van der Waals surface area contributed by atoms with Crippen molar-refractivity contribution in [1.29, 1.82) is 0 Å². The van der Waals surface area contributed by atoms with Crippen molar-refractivity contribution >= 4 is 17.1 Å². The molecule has 6 heteroatoms. The largest absolute Gasteiger partial charge is 0.333 e. The van der Waals surface area contributed by atoms with Crippen molar-refractivity contribution in [3.8, 4) is 0 Å². The van der Waals surface area contributed by atoms with Gasteiger partial charge in [-0.25, -0.2) is 9.97 Å². The van der Waals surface area contributed by atoms with Crippen LogP contribution in [-0.2, 0) is 6.54 Å². The first-order valence-corrected chi connectivity index (χ1v) is 7.89. The third kappa shape index (κ3) is 2.83. The third-order valence-corrected chi connectivity index (χ3v) is 4.03. The molecule has 1 aliphatic heterocycles. The van der Waals surface area contributed by atoms with E-state index in [0.717, 1.165) is 37.3 Å². The molecule has 0 spiro atoms. The van der Waals surface area contributed by atoms with Crippen LogP contribution in [-0.4, -0.2) is 51.0 Å². The molecule has 0 radical (unpaired) electrons. The van der Waals surface area contributed by atoms with E-state index in [1.807, 2.05) is 15.5 Å². The normalized spacial score (nSPS) is 19.1. The molecule has 0 unspecified atom stereocenters. The van der Waals surface area contributed by atoms with Crippen LogP contribution >= 0.6 is 0 Å². The molecule has 118 valence electrons. The van der Waals surface area contributed by atoms with Gasteiger partial charge in [0.2, 0.25) is 0 Å². The van der Waals surface area contributed by atoms with Gasteiger partial charge in [0.05, 0.1) is 11.9 Å². The zero-order valence-electron chi connectivity index (χ0n) is 13.4. The second-order valence-electron chi connectivity index (χ2n) is 6.41. The molecular weight excluding hydrogens is 278 g/mol. The molecule has 1 N–H and O–H groups in total. The lowest BCUT2D eigenvalue weighted by Crippen LogP contribution is -2.52. The van der Waals surface area contributed by atoms with Crippen molar-refractivity contribution in [2.75, 3.05) is 19.6 Å². The second kappa shape index (κ2) is 6.04. The topological polar surface area (TPSA) is 63.1 Å². The summed E-state index contributed by atoms with van der Waals surface area (Å²) in [5.41, 5.74) is 2.25. The van der Waals surface area contributed by atoms with E-state index < -0.39 is 0 Å². The monoisotopic (exact) mass is 301 g/mol. The summed E-state index contributed by atoms with van der Waals surface area (Å²) in [5, 5.41) is 3.30. The first-order valence-electron chi connectivity index (χ1n) is 7.89. The van der Waals surface area contributed by atoms with E-state index in [0.29, 0.717) is 11.5 Å². The average molecular weight is 301 g/mol. The van der Waals surface area contributed by atoms with Crippen molar-refractivity contribution in [2.24, 2.45) is 5.92 Å². The van der Waals surface area contributed by atoms with Gasteiger partial charge in [0.1, 0.15) is 5.52 Å². The van der Waals surface area contributed by atoms with Crippen molar-refractivity contribution < 1.29 is 4.79 Å². The number of nitrogens with one attached hydrogen (secondary N) is 1. The number of hydrogen-bond acceptors (Lipinski definition) is 4. The van der Waals surface area contributed by atoms with Crippen LogP contribution < -0.4 is 5.32 Å². The molecular formula is C16H23N5O. The highest BCUT2D eigenvalue weighted by molar-refractivity contribution is 5.96. The number of aromatic nitrogens is 3. The minimum Gasteiger partial charge on any atom is -0.333 e. The van der Waals surface area contributed by atoms with E-state index in [1.54, 1.807) is 12.5 Å². The summed E-state index contributed by atoms with van der Waals surface area (Å²) >= 11 is 0. The molecule has 3 rings (SSSR count). The number of imidazole rings is 1. The maximum absolute atomic E-state index is 12.7. The first kappa shape index (κ1) is 15.0. The average Bonchev–Trinajstić information content (AvgIpc) is 2.89. The van der Waals surface area contributed by atoms with Crippen molar-refractivity contribution in [3.63, 3.8) is 0 Å². The van der Waals surface area contributed by atoms with Gasteiger partial charge in [-0.2, -0.15) is 0 Å². The molecule has 2 aromatic heterocycles. The number of pyridine rings is 1. The Morgan fingerprint density at radius 3 is 3.00 bits per heavy atom. The molecule has 3 heterocycles. The van der Waals surface area contributed by atoms with E-state index in [9.17, 15) is 4.79 Å². The number of hydrogen-bond donors (Lipinski definition) is 1. The number of fused-ring (bicyclic) bond motifs is 1. The smallest absolute Gasteiger partial charge is 0.255 e. The Kier molecular flexibility index (Phi) is 4.11. The standard InChI is InChI=1S/C16H23N5O/c1-11(2)9-20-10-19-14-6-13(8-18-15(14)20)16(22)21-5-4-17-7-12(21)3/h6,8,10-12,17H,4-5,7,9H2,1-3H3/t12-/m1/s1. The molecule has 6 nitrogen and oxygen atoms in total. The van der Waals surface area contributed by atoms with Crippen LogP contribution in [0.25, 0.3) is 11.2 Å². The quantitative estimate of drug-likeness (QED) is 0.933. The lowest BCUT2D eigenvalue weighted by Gasteiger charge is -2.33. The minimum atomic E-state index is 0.0433. The fourth-order valence-corrected chi connectivity index (χ4v) is 2.90. The number of carbonyl (C=O) groups excluding carboxylic acids is 1. The Bertz CT molecular complexity index is 678. The zero-order chi connectivity index (χ0) is 15.7. The maximum Gasteiger partial charge on any atom is 0.255 e. The van der Waals surface area contributed by atoms with Crippen LogP contribution in [0, 0.1) is 5.92 Å². The molecule has 0 aliphatic carbocycles. The summed E-state index contributed by atoms with van der Waals surface area (Å²) in [7, 11) is 0. The predicted molar refractivity (Wildman–Crippen MR) is 85.7 cm³/mol. The van der Waals surface area contributed by atoms with Gasteiger partial charge in [0, 0.05) is 38.4 Å². The Morgan fingerprint density at radius 2 is 2.27 bits per heavy atom. The summed E-state index contributed by atoms with van der Waals surface area (Å²) in [5.74, 6) is 0.573. The van der Waals surface area contributed by atoms with Crippen LogP contribution in [0.2, 0.25) is 0 Å². The van der Waals surface area contributed by atoms with Crippen molar-refractivity contribution in [1.82, 2.24) is 24.8 Å². The molecule has 0 aromatic carbocycles. The van der Waals surface area contributed by atoms with Gasteiger partial charge < -0.3 is 14.8 Å². The summed E-state index contributed by atoms with van der Waals surface area (Å²) in [6.07, 6.45) is 3.48. The zero-order valence-corrected chi connectivity index (χ0v) is 13.4. The van der Waals surface area contributed by atoms with Crippen molar-refractivity contribution in [2.45, 2.75) is 33.4 Å². The summed E-state index contributed by atoms with van der Waals surface area (Å²) in [4.78, 5) is 23.4. The summed E-state index contributed by atoms with van der Waals surface area (Å²) in [6, 6.07) is 2.06. The molecule has 0 bridgehead atoms. The highest BCUT2D eigenvalue weighted by Crippen LogP contribution is 2.16. The number of rotatable bonds is 3. The third-order valence-electron chi connectivity index (χ3n) is 4.03. The van der Waals surface area contributed by atoms with E-state index in [-0.39, 0.29) is 11.9 Å². The summed E-state index contributed by atoms with van der Waals surface area (Å²) < 4.78 is 2.04. The van der Waals surface area contributed by atoms with Gasteiger partial charge in [0.25, 0.3) is 5.91 Å². The Hall–Kier alpha value is -1.95. The number of piperazine rings is 1. The Balaban J connectivity index is 1.87. The first-order chi connectivity index (χ1) is 10.6. The molecule has 22 heavy (non-hydrogen) atoms. The van der Waals surface area contributed by atoms with Gasteiger partial charge in [-0.05, 0) is 18.9 Å². The van der Waals surface area contributed by atoms with E-state index in [2.05, 4.69) is 36.1 Å². The lowest BCUT2D eigenvalue weighted by molar-refractivity contribution is 0.0655. The van der Waals surface area contributed by atoms with Gasteiger partial charge in [-0.1, -0.05) is 13.8 Å². The Morgan fingerprint density at radius 1 is 1.45 bits per heavy atom. The highest BCUT2D eigenvalue weighted by atomic mass is 16.2. The van der Waals surface area contributed by atoms with E-state index >= 15 is 0 Å². The van der Waals surface area contributed by atoms with Gasteiger partial charge >= 0.3 is 0 Å². The predicted octanol–water partition coefficient (Wildman–Crippen LogP) is 1.52. The fraction of sp³-hybridized carbons (Fsp3) is 0.562. The maximum atomic E-state index is 12.7. The molecule has 1 amide bonds. The number of carbonyl (C=O) groups is 1. The molecule has 0 saturated carbocycles. The van der Waals surface area contributed by atoms with Gasteiger partial charge in [0.15, 0.2) is 5.65 Å². The Labute approximate surface area is 130 Å². The fourth-order valence-electron chi connectivity index (χ4n) is 2.90. The molecule has 1 aliphatic rings. The molecule has 1 atom stereocenters. The van der Waals surface area contributed by atoms with Crippen LogP contribution in [0.4, 0.5) is 0 Å². The van der Waals surface area contributed by atoms with Crippen LogP contribution in [0.3, 0.4) is 0 Å². The van der Waals surface area contributed by atoms with Crippen LogP contribution in [0.15, 0.2) is 18.6 Å². The van der Waals surface area contributed by atoms with Gasteiger partial charge in [-0.15, -0.1) is 0 Å². The second-order valence-corrected chi connectivity index (χ2v) is 6.41. The van der Waals surface area contributed by atoms with Crippen molar-refractivity contribution in [3.05, 3.63) is 24.2 Å². The van der Waals surface area contributed by atoms with Crippen LogP contribution in [0.1, 0.15) is 31.1 Å². The van der Waals surface area contributed by atoms with Gasteiger partial charge in [-0.3, -0.25) is 4.79 Å². The SMILES string of the molecule is CC(C)Cn1cnc2cc(C(=O)N3CCNC[C@H]3C)cnc21. The molecule has 2 aromatic rings.